The van der Waals surface area contributed by atoms with Crippen molar-refractivity contribution in [3.8, 4) is 45.2 Å². The Bertz CT molecular complexity index is 3050. The molecule has 10 rings (SSSR count). The number of nitrogens with zero attached hydrogens (tertiary/aromatic N) is 2. The SMILES string of the molecule is Cc1c(N(c2ccccc2)c2ccc(-c3ccccc3)cc2)ccc(-c2ccc([C@@]3(C)C=CC=CC3N(C3=CCC=CC#C3)C3=CC=C(c4ccccc4)CC3)cc2)c1-c1ccccc1. The van der Waals surface area contributed by atoms with Gasteiger partial charge in [0.05, 0.1) is 11.7 Å². The molecule has 7 aromatic rings. The molecule has 2 heteroatoms. The first-order valence-electron chi connectivity index (χ1n) is 22.8. The summed E-state index contributed by atoms with van der Waals surface area (Å²) in [6.45, 7) is 4.66. The van der Waals surface area contributed by atoms with E-state index in [9.17, 15) is 0 Å². The van der Waals surface area contributed by atoms with Gasteiger partial charge in [0.15, 0.2) is 0 Å². The molecule has 1 unspecified atom stereocenters. The third-order valence-corrected chi connectivity index (χ3v) is 13.2. The van der Waals surface area contributed by atoms with E-state index in [-0.39, 0.29) is 11.5 Å². The van der Waals surface area contributed by atoms with Crippen LogP contribution in [0.5, 0.6) is 0 Å². The Morgan fingerprint density at radius 1 is 0.569 bits per heavy atom. The minimum Gasteiger partial charge on any atom is -0.330 e. The van der Waals surface area contributed by atoms with Crippen molar-refractivity contribution in [2.24, 2.45) is 0 Å². The topological polar surface area (TPSA) is 6.48 Å². The smallest absolute Gasteiger partial charge is 0.0893 e. The van der Waals surface area contributed by atoms with Crippen molar-refractivity contribution in [1.82, 2.24) is 4.90 Å². The van der Waals surface area contributed by atoms with Crippen LogP contribution in [0, 0.1) is 18.8 Å². The summed E-state index contributed by atoms with van der Waals surface area (Å²) in [5.41, 5.74) is 17.7. The Balaban J connectivity index is 1.03. The molecule has 0 saturated heterocycles. The van der Waals surface area contributed by atoms with Crippen LogP contribution in [0.15, 0.2) is 248 Å². The van der Waals surface area contributed by atoms with Gasteiger partial charge in [-0.2, -0.15) is 0 Å². The molecule has 65 heavy (non-hydrogen) atoms. The Morgan fingerprint density at radius 3 is 1.86 bits per heavy atom. The summed E-state index contributed by atoms with van der Waals surface area (Å²) in [7, 11) is 0. The van der Waals surface area contributed by atoms with E-state index in [4.69, 9.17) is 0 Å². The lowest BCUT2D eigenvalue weighted by Gasteiger charge is -2.45. The van der Waals surface area contributed by atoms with Crippen LogP contribution in [0.4, 0.5) is 17.1 Å². The first-order chi connectivity index (χ1) is 32.0. The number of para-hydroxylation sites is 1. The molecule has 0 N–H and O–H groups in total. The first kappa shape index (κ1) is 41.2. The summed E-state index contributed by atoms with van der Waals surface area (Å²) in [6, 6.07) is 65.9. The largest absolute Gasteiger partial charge is 0.330 e. The van der Waals surface area contributed by atoms with E-state index < -0.39 is 0 Å². The molecule has 0 saturated carbocycles. The van der Waals surface area contributed by atoms with Crippen molar-refractivity contribution in [2.75, 3.05) is 4.90 Å². The van der Waals surface area contributed by atoms with E-state index >= 15 is 0 Å². The highest BCUT2D eigenvalue weighted by atomic mass is 15.2. The maximum Gasteiger partial charge on any atom is 0.0893 e. The molecule has 3 aliphatic carbocycles. The van der Waals surface area contributed by atoms with Crippen LogP contribution in [-0.2, 0) is 5.41 Å². The first-order valence-corrected chi connectivity index (χ1v) is 22.8. The van der Waals surface area contributed by atoms with Crippen LogP contribution in [0.3, 0.4) is 0 Å². The molecule has 314 valence electrons. The zero-order valence-corrected chi connectivity index (χ0v) is 37.1. The molecule has 0 radical (unpaired) electrons. The highest BCUT2D eigenvalue weighted by molar-refractivity contribution is 5.92. The highest BCUT2D eigenvalue weighted by Crippen LogP contribution is 2.46. The summed E-state index contributed by atoms with van der Waals surface area (Å²) < 4.78 is 0. The van der Waals surface area contributed by atoms with Crippen molar-refractivity contribution >= 4 is 22.6 Å². The van der Waals surface area contributed by atoms with Gasteiger partial charge in [0.1, 0.15) is 0 Å². The molecule has 2 nitrogen and oxygen atoms in total. The van der Waals surface area contributed by atoms with Gasteiger partial charge in [-0.05, 0) is 143 Å². The molecule has 0 spiro atoms. The maximum absolute atomic E-state index is 3.54. The normalized spacial score (nSPS) is 17.5. The van der Waals surface area contributed by atoms with Crippen LogP contribution in [0.25, 0.3) is 39.0 Å². The number of benzene rings is 7. The molecule has 7 aromatic carbocycles. The van der Waals surface area contributed by atoms with E-state index in [1.54, 1.807) is 0 Å². The molecular weight excluding hydrogens is 785 g/mol. The summed E-state index contributed by atoms with van der Waals surface area (Å²) in [5, 5.41) is 0. The lowest BCUT2D eigenvalue weighted by Crippen LogP contribution is -2.47. The van der Waals surface area contributed by atoms with Gasteiger partial charge in [0, 0.05) is 28.2 Å². The summed E-state index contributed by atoms with van der Waals surface area (Å²) in [6.07, 6.45) is 23.0. The number of hydrogen-bond donors (Lipinski definition) is 0. The van der Waals surface area contributed by atoms with E-state index in [1.807, 2.05) is 6.08 Å². The van der Waals surface area contributed by atoms with Crippen molar-refractivity contribution in [1.29, 1.82) is 0 Å². The third kappa shape index (κ3) is 8.38. The fourth-order valence-corrected chi connectivity index (χ4v) is 9.79. The third-order valence-electron chi connectivity index (χ3n) is 13.2. The van der Waals surface area contributed by atoms with Gasteiger partial charge < -0.3 is 9.80 Å². The second-order valence-corrected chi connectivity index (χ2v) is 17.2. The average Bonchev–Trinajstić information content (AvgIpc) is 3.66. The predicted octanol–water partition coefficient (Wildman–Crippen LogP) is 16.1. The molecule has 0 amide bonds. The Morgan fingerprint density at radius 2 is 1.18 bits per heavy atom. The number of anilines is 3. The van der Waals surface area contributed by atoms with E-state index in [0.717, 1.165) is 42.0 Å². The molecule has 3 aliphatic rings. The standard InChI is InChI=1S/C63H52N2/c1-47-60(64(55-27-17-8-18-28-55)57-40-34-50(35-41-57)48-21-9-5-10-22-48)45-44-59(62(47)53-25-13-7-14-26-53)52-32-38-54(39-33-52)63(2)46-20-19-31-61(63)65(56-29-15-3-4-16-30-56)58-42-36-51(37-43-58)49-23-11-6-12-24-49/h3-14,17-29,31-36,38-42,44-46,61H,15,37,43H2,1-2H3/t61?,63-/m1/s1. The minimum atomic E-state index is -0.339. The fourth-order valence-electron chi connectivity index (χ4n) is 9.79. The summed E-state index contributed by atoms with van der Waals surface area (Å²) in [4.78, 5) is 4.92. The minimum absolute atomic E-state index is 0.0158. The van der Waals surface area contributed by atoms with Gasteiger partial charge in [-0.15, -0.1) is 0 Å². The van der Waals surface area contributed by atoms with Crippen LogP contribution >= 0.6 is 0 Å². The molecule has 0 aliphatic heterocycles. The van der Waals surface area contributed by atoms with Gasteiger partial charge in [-0.3, -0.25) is 0 Å². The van der Waals surface area contributed by atoms with Crippen LogP contribution in [-0.4, -0.2) is 10.9 Å². The Kier molecular flexibility index (Phi) is 11.7. The molecule has 0 bridgehead atoms. The second-order valence-electron chi connectivity index (χ2n) is 17.2. The molecule has 0 fully saturated rings. The molecular formula is C63H52N2. The van der Waals surface area contributed by atoms with Crippen molar-refractivity contribution in [3.05, 3.63) is 265 Å². The van der Waals surface area contributed by atoms with E-state index in [2.05, 4.69) is 266 Å². The summed E-state index contributed by atoms with van der Waals surface area (Å²) >= 11 is 0. The molecule has 0 aromatic heterocycles. The van der Waals surface area contributed by atoms with Crippen LogP contribution in [0.1, 0.15) is 42.9 Å². The quantitative estimate of drug-likeness (QED) is 0.120. The van der Waals surface area contributed by atoms with Crippen LogP contribution in [0.2, 0.25) is 0 Å². The maximum atomic E-state index is 3.54. The lowest BCUT2D eigenvalue weighted by atomic mass is 9.72. The van der Waals surface area contributed by atoms with E-state index in [1.165, 1.54) is 61.3 Å². The fraction of sp³-hybridized carbons (Fsp3) is 0.111. The highest BCUT2D eigenvalue weighted by Gasteiger charge is 2.39. The van der Waals surface area contributed by atoms with Gasteiger partial charge in [-0.25, -0.2) is 0 Å². The van der Waals surface area contributed by atoms with Gasteiger partial charge in [0.2, 0.25) is 0 Å². The zero-order chi connectivity index (χ0) is 44.0. The second kappa shape index (κ2) is 18.5. The molecule has 2 atom stereocenters. The Labute approximate surface area is 385 Å². The lowest BCUT2D eigenvalue weighted by molar-refractivity contribution is 0.278. The van der Waals surface area contributed by atoms with E-state index in [0.29, 0.717) is 0 Å². The monoisotopic (exact) mass is 836 g/mol. The summed E-state index contributed by atoms with van der Waals surface area (Å²) in [5.74, 6) is 6.85. The number of hydrogen-bond acceptors (Lipinski definition) is 2. The van der Waals surface area contributed by atoms with Crippen molar-refractivity contribution < 1.29 is 0 Å². The predicted molar refractivity (Wildman–Crippen MR) is 275 cm³/mol. The zero-order valence-electron chi connectivity index (χ0n) is 37.1. The molecule has 0 heterocycles. The van der Waals surface area contributed by atoms with Crippen LogP contribution < -0.4 is 4.90 Å². The number of allylic oxidation sites excluding steroid dienone is 10. The Hall–Kier alpha value is -7.86. The number of rotatable bonds is 11. The average molecular weight is 837 g/mol. The van der Waals surface area contributed by atoms with Gasteiger partial charge >= 0.3 is 0 Å². The van der Waals surface area contributed by atoms with Gasteiger partial charge in [0.25, 0.3) is 0 Å². The van der Waals surface area contributed by atoms with Crippen molar-refractivity contribution in [3.63, 3.8) is 0 Å². The van der Waals surface area contributed by atoms with Gasteiger partial charge in [-0.1, -0.05) is 194 Å². The van der Waals surface area contributed by atoms with Crippen molar-refractivity contribution in [2.45, 2.75) is 44.6 Å².